The van der Waals surface area contributed by atoms with Crippen molar-refractivity contribution in [3.63, 3.8) is 0 Å². The highest BCUT2D eigenvalue weighted by molar-refractivity contribution is 9.10. The van der Waals surface area contributed by atoms with Crippen LogP contribution in [0.5, 0.6) is 0 Å². The molecule has 0 saturated heterocycles. The van der Waals surface area contributed by atoms with Gasteiger partial charge in [0.1, 0.15) is 0 Å². The number of nitrogens with two attached hydrogens (primary N) is 1. The van der Waals surface area contributed by atoms with Gasteiger partial charge in [-0.05, 0) is 24.5 Å². The van der Waals surface area contributed by atoms with Crippen LogP contribution in [-0.2, 0) is 6.18 Å². The molecule has 0 saturated carbocycles. The number of nitrogen functional groups attached to an aromatic ring is 1. The Balaban J connectivity index is 2.66. The Morgan fingerprint density at radius 1 is 1.20 bits per heavy atom. The molecular formula is C11H8BrF3N4S. The molecule has 0 radical (unpaired) electrons. The molecule has 0 spiro atoms. The van der Waals surface area contributed by atoms with E-state index in [0.29, 0.717) is 4.47 Å². The minimum Gasteiger partial charge on any atom is -0.368 e. The van der Waals surface area contributed by atoms with Crippen molar-refractivity contribution in [2.24, 2.45) is 0 Å². The van der Waals surface area contributed by atoms with E-state index in [1.807, 2.05) is 0 Å². The lowest BCUT2D eigenvalue weighted by Gasteiger charge is -2.12. The van der Waals surface area contributed by atoms with Crippen molar-refractivity contribution < 1.29 is 13.2 Å². The number of thioether (sulfide) groups is 1. The number of alkyl halides is 3. The maximum Gasteiger partial charge on any atom is 0.417 e. The molecule has 0 unspecified atom stereocenters. The number of halogens is 4. The fourth-order valence-corrected chi connectivity index (χ4v) is 2.25. The maximum absolute atomic E-state index is 13.1. The summed E-state index contributed by atoms with van der Waals surface area (Å²) >= 11 is 4.20. The average Bonchev–Trinajstić information content (AvgIpc) is 2.36. The molecule has 20 heavy (non-hydrogen) atoms. The van der Waals surface area contributed by atoms with Crippen LogP contribution in [0.3, 0.4) is 0 Å². The second-order valence-electron chi connectivity index (χ2n) is 3.69. The summed E-state index contributed by atoms with van der Waals surface area (Å²) in [5.74, 6) is -0.211. The highest BCUT2D eigenvalue weighted by Crippen LogP contribution is 2.37. The molecule has 0 bridgehead atoms. The third-order valence-corrected chi connectivity index (χ3v) is 3.38. The van der Waals surface area contributed by atoms with Crippen LogP contribution in [0, 0.1) is 0 Å². The molecule has 0 fully saturated rings. The van der Waals surface area contributed by atoms with Gasteiger partial charge >= 0.3 is 6.18 Å². The van der Waals surface area contributed by atoms with E-state index in [0.717, 1.165) is 6.07 Å². The van der Waals surface area contributed by atoms with Crippen LogP contribution in [0.4, 0.5) is 19.1 Å². The van der Waals surface area contributed by atoms with Gasteiger partial charge in [-0.25, -0.2) is 4.98 Å². The van der Waals surface area contributed by atoms with Crippen LogP contribution < -0.4 is 5.73 Å². The number of hydrogen-bond acceptors (Lipinski definition) is 5. The Bertz CT molecular complexity index is 648. The molecule has 1 heterocycles. The van der Waals surface area contributed by atoms with E-state index < -0.39 is 11.7 Å². The Morgan fingerprint density at radius 3 is 2.50 bits per heavy atom. The van der Waals surface area contributed by atoms with E-state index >= 15 is 0 Å². The Labute approximate surface area is 125 Å². The lowest BCUT2D eigenvalue weighted by molar-refractivity contribution is -0.137. The largest absolute Gasteiger partial charge is 0.417 e. The van der Waals surface area contributed by atoms with Crippen LogP contribution in [-0.4, -0.2) is 21.2 Å². The normalized spacial score (nSPS) is 11.7. The zero-order valence-corrected chi connectivity index (χ0v) is 12.5. The predicted octanol–water partition coefficient (Wildman–Crippen LogP) is 3.62. The van der Waals surface area contributed by atoms with Gasteiger partial charge in [0.15, 0.2) is 11.0 Å². The number of hydrogen-bond donors (Lipinski definition) is 1. The van der Waals surface area contributed by atoms with Crippen molar-refractivity contribution in [2.45, 2.75) is 11.3 Å². The van der Waals surface area contributed by atoms with Crippen LogP contribution in [0.15, 0.2) is 27.8 Å². The second-order valence-corrected chi connectivity index (χ2v) is 5.38. The van der Waals surface area contributed by atoms with Crippen LogP contribution >= 0.6 is 27.7 Å². The highest BCUT2D eigenvalue weighted by Gasteiger charge is 2.34. The van der Waals surface area contributed by atoms with Gasteiger partial charge in [0, 0.05) is 10.0 Å². The topological polar surface area (TPSA) is 64.7 Å². The van der Waals surface area contributed by atoms with Gasteiger partial charge in [0.25, 0.3) is 0 Å². The summed E-state index contributed by atoms with van der Waals surface area (Å²) < 4.78 is 39.5. The monoisotopic (exact) mass is 364 g/mol. The fraction of sp³-hybridized carbons (Fsp3) is 0.182. The third kappa shape index (κ3) is 3.21. The van der Waals surface area contributed by atoms with Crippen LogP contribution in [0.25, 0.3) is 11.4 Å². The Hall–Kier alpha value is -1.35. The number of aromatic nitrogens is 3. The summed E-state index contributed by atoms with van der Waals surface area (Å²) in [5.41, 5.74) is 4.53. The molecule has 0 aliphatic carbocycles. The van der Waals surface area contributed by atoms with E-state index in [9.17, 15) is 13.2 Å². The molecule has 1 aromatic carbocycles. The lowest BCUT2D eigenvalue weighted by Crippen LogP contribution is -2.09. The summed E-state index contributed by atoms with van der Waals surface area (Å²) in [4.78, 5) is 11.6. The molecule has 2 N–H and O–H groups in total. The average molecular weight is 365 g/mol. The van der Waals surface area contributed by atoms with Crippen LogP contribution in [0.2, 0.25) is 0 Å². The van der Waals surface area contributed by atoms with Crippen molar-refractivity contribution in [3.05, 3.63) is 28.2 Å². The van der Waals surface area contributed by atoms with Crippen molar-refractivity contribution in [1.29, 1.82) is 0 Å². The first-order chi connectivity index (χ1) is 9.31. The van der Waals surface area contributed by atoms with Crippen molar-refractivity contribution in [2.75, 3.05) is 12.0 Å². The van der Waals surface area contributed by atoms with E-state index in [2.05, 4.69) is 30.9 Å². The minimum atomic E-state index is -4.51. The van der Waals surface area contributed by atoms with Gasteiger partial charge in [-0.2, -0.15) is 23.1 Å². The van der Waals surface area contributed by atoms with E-state index in [1.54, 1.807) is 6.26 Å². The maximum atomic E-state index is 13.1. The quantitative estimate of drug-likeness (QED) is 0.824. The first-order valence-corrected chi connectivity index (χ1v) is 7.25. The first kappa shape index (κ1) is 15.0. The lowest BCUT2D eigenvalue weighted by atomic mass is 10.1. The molecule has 1 aromatic heterocycles. The van der Waals surface area contributed by atoms with Gasteiger partial charge < -0.3 is 5.73 Å². The fourth-order valence-electron chi connectivity index (χ4n) is 1.53. The molecule has 0 atom stereocenters. The van der Waals surface area contributed by atoms with Gasteiger partial charge in [-0.3, -0.25) is 0 Å². The minimum absolute atomic E-state index is 0.0957. The zero-order valence-electron chi connectivity index (χ0n) is 10.1. The smallest absolute Gasteiger partial charge is 0.368 e. The van der Waals surface area contributed by atoms with Crippen molar-refractivity contribution in [3.8, 4) is 11.4 Å². The molecule has 0 aliphatic rings. The second kappa shape index (κ2) is 5.57. The molecule has 4 nitrogen and oxygen atoms in total. The van der Waals surface area contributed by atoms with Gasteiger partial charge in [-0.1, -0.05) is 27.7 Å². The number of nitrogens with zero attached hydrogens (tertiary/aromatic N) is 3. The summed E-state index contributed by atoms with van der Waals surface area (Å²) in [6.45, 7) is 0. The van der Waals surface area contributed by atoms with Crippen LogP contribution in [0.1, 0.15) is 5.56 Å². The number of rotatable bonds is 2. The van der Waals surface area contributed by atoms with E-state index in [4.69, 9.17) is 5.73 Å². The van der Waals surface area contributed by atoms with Gasteiger partial charge in [-0.15, -0.1) is 0 Å². The SMILES string of the molecule is CSc1nc(N)nc(-c2ccc(Br)cc2C(F)(F)F)n1. The third-order valence-electron chi connectivity index (χ3n) is 2.34. The van der Waals surface area contributed by atoms with Crippen molar-refractivity contribution >= 4 is 33.6 Å². The Kier molecular flexibility index (Phi) is 4.19. The summed E-state index contributed by atoms with van der Waals surface area (Å²) in [6.07, 6.45) is -2.81. The summed E-state index contributed by atoms with van der Waals surface area (Å²) in [6, 6.07) is 3.77. The molecular weight excluding hydrogens is 357 g/mol. The van der Waals surface area contributed by atoms with E-state index in [-0.39, 0.29) is 22.5 Å². The molecule has 2 rings (SSSR count). The standard InChI is InChI=1S/C11H8BrF3N4S/c1-20-10-18-8(17-9(16)19-10)6-3-2-5(12)4-7(6)11(13,14)15/h2-4H,1H3,(H2,16,17,18,19). The summed E-state index contributed by atoms with van der Waals surface area (Å²) in [7, 11) is 0. The predicted molar refractivity (Wildman–Crippen MR) is 74.2 cm³/mol. The van der Waals surface area contributed by atoms with E-state index in [1.165, 1.54) is 23.9 Å². The molecule has 106 valence electrons. The number of anilines is 1. The van der Waals surface area contributed by atoms with Gasteiger partial charge in [0.05, 0.1) is 5.56 Å². The molecule has 2 aromatic rings. The highest BCUT2D eigenvalue weighted by atomic mass is 79.9. The number of benzene rings is 1. The summed E-state index contributed by atoms with van der Waals surface area (Å²) in [5, 5.41) is 0.267. The molecule has 0 amide bonds. The van der Waals surface area contributed by atoms with Gasteiger partial charge in [0.2, 0.25) is 5.95 Å². The Morgan fingerprint density at radius 2 is 1.90 bits per heavy atom. The van der Waals surface area contributed by atoms with Crippen molar-refractivity contribution in [1.82, 2.24) is 15.0 Å². The first-order valence-electron chi connectivity index (χ1n) is 5.24. The molecule has 0 aliphatic heterocycles. The zero-order chi connectivity index (χ0) is 14.9. The molecule has 9 heteroatoms.